The van der Waals surface area contributed by atoms with E-state index in [0.717, 1.165) is 42.1 Å². The molecule has 1 aromatic heterocycles. The molecule has 0 amide bonds. The lowest BCUT2D eigenvalue weighted by Gasteiger charge is -2.27. The van der Waals surface area contributed by atoms with Gasteiger partial charge in [-0.1, -0.05) is 25.4 Å². The molecule has 2 unspecified atom stereocenters. The third-order valence-corrected chi connectivity index (χ3v) is 4.61. The maximum Gasteiger partial charge on any atom is 0.243 e. The Hall–Kier alpha value is -0.550. The number of nitrogens with zero attached hydrogens (tertiary/aromatic N) is 2. The van der Waals surface area contributed by atoms with Crippen LogP contribution in [-0.4, -0.2) is 22.4 Å². The van der Waals surface area contributed by atoms with Gasteiger partial charge in [0.1, 0.15) is 0 Å². The predicted molar refractivity (Wildman–Crippen MR) is 74.5 cm³/mol. The molecule has 2 heterocycles. The van der Waals surface area contributed by atoms with Crippen molar-refractivity contribution in [2.45, 2.75) is 51.3 Å². The smallest absolute Gasteiger partial charge is 0.243 e. The van der Waals surface area contributed by atoms with Crippen molar-refractivity contribution < 1.29 is 4.52 Å². The van der Waals surface area contributed by atoms with Crippen LogP contribution in [0.15, 0.2) is 4.52 Å². The molecule has 18 heavy (non-hydrogen) atoms. The first-order valence-electron chi connectivity index (χ1n) is 6.97. The Balaban J connectivity index is 1.88. The van der Waals surface area contributed by atoms with Crippen molar-refractivity contribution in [3.63, 3.8) is 0 Å². The third-order valence-electron chi connectivity index (χ3n) is 3.45. The maximum absolute atomic E-state index is 5.39. The van der Waals surface area contributed by atoms with E-state index in [0.29, 0.717) is 0 Å². The molecule has 0 aliphatic carbocycles. The van der Waals surface area contributed by atoms with Gasteiger partial charge in [-0.25, -0.2) is 0 Å². The highest BCUT2D eigenvalue weighted by Gasteiger charge is 2.25. The summed E-state index contributed by atoms with van der Waals surface area (Å²) in [6.07, 6.45) is 4.82. The first kappa shape index (κ1) is 13.9. The standard InChI is InChI=1S/C13H23N3OS/c1-3-7-18-9-12-15-13(17-16-12)11-8-10(4-2)5-6-14-11/h10-11,14H,3-9H2,1-2H3. The highest BCUT2D eigenvalue weighted by atomic mass is 32.2. The lowest BCUT2D eigenvalue weighted by molar-refractivity contribution is 0.245. The van der Waals surface area contributed by atoms with Gasteiger partial charge in [-0.2, -0.15) is 16.7 Å². The Kier molecular flexibility index (Phi) is 5.50. The fourth-order valence-corrected chi connectivity index (χ4v) is 3.06. The minimum atomic E-state index is 0.265. The summed E-state index contributed by atoms with van der Waals surface area (Å²) in [6.45, 7) is 5.50. The molecule has 2 atom stereocenters. The van der Waals surface area contributed by atoms with Crippen LogP contribution in [0.4, 0.5) is 0 Å². The molecule has 0 radical (unpaired) electrons. The predicted octanol–water partition coefficient (Wildman–Crippen LogP) is 3.16. The van der Waals surface area contributed by atoms with Crippen molar-refractivity contribution in [1.82, 2.24) is 15.5 Å². The summed E-state index contributed by atoms with van der Waals surface area (Å²) in [5.74, 6) is 4.43. The van der Waals surface area contributed by atoms with E-state index in [1.165, 1.54) is 19.3 Å². The van der Waals surface area contributed by atoms with Crippen molar-refractivity contribution in [2.24, 2.45) is 5.92 Å². The molecule has 2 rings (SSSR count). The topological polar surface area (TPSA) is 51.0 Å². The largest absolute Gasteiger partial charge is 0.338 e. The molecular weight excluding hydrogens is 246 g/mol. The molecule has 0 aromatic carbocycles. The van der Waals surface area contributed by atoms with Gasteiger partial charge in [0.15, 0.2) is 5.82 Å². The zero-order chi connectivity index (χ0) is 12.8. The normalized spacial score (nSPS) is 24.3. The number of hydrogen-bond acceptors (Lipinski definition) is 5. The van der Waals surface area contributed by atoms with E-state index in [1.807, 2.05) is 11.8 Å². The van der Waals surface area contributed by atoms with Crippen LogP contribution >= 0.6 is 11.8 Å². The quantitative estimate of drug-likeness (QED) is 0.804. The van der Waals surface area contributed by atoms with Crippen LogP contribution in [0.2, 0.25) is 0 Å². The summed E-state index contributed by atoms with van der Waals surface area (Å²) in [6, 6.07) is 0.265. The Morgan fingerprint density at radius 3 is 3.11 bits per heavy atom. The first-order valence-corrected chi connectivity index (χ1v) is 8.12. The van der Waals surface area contributed by atoms with Crippen LogP contribution < -0.4 is 5.32 Å². The molecule has 1 N–H and O–H groups in total. The number of piperidine rings is 1. The van der Waals surface area contributed by atoms with Crippen molar-refractivity contribution in [1.29, 1.82) is 0 Å². The van der Waals surface area contributed by atoms with Crippen LogP contribution in [0.3, 0.4) is 0 Å². The molecule has 102 valence electrons. The summed E-state index contributed by atoms with van der Waals surface area (Å²) < 4.78 is 5.39. The first-order chi connectivity index (χ1) is 8.83. The van der Waals surface area contributed by atoms with Gasteiger partial charge in [-0.05, 0) is 37.5 Å². The Morgan fingerprint density at radius 2 is 2.33 bits per heavy atom. The molecule has 1 aliphatic rings. The van der Waals surface area contributed by atoms with Gasteiger partial charge >= 0.3 is 0 Å². The fraction of sp³-hybridized carbons (Fsp3) is 0.846. The summed E-state index contributed by atoms with van der Waals surface area (Å²) >= 11 is 1.87. The monoisotopic (exact) mass is 269 g/mol. The van der Waals surface area contributed by atoms with Crippen LogP contribution in [0.25, 0.3) is 0 Å². The SMILES string of the molecule is CCCSCc1noc(C2CC(CC)CCN2)n1. The second kappa shape index (κ2) is 7.14. The summed E-state index contributed by atoms with van der Waals surface area (Å²) in [4.78, 5) is 4.51. The summed E-state index contributed by atoms with van der Waals surface area (Å²) in [5, 5.41) is 7.54. The second-order valence-corrected chi connectivity index (χ2v) is 6.01. The van der Waals surface area contributed by atoms with Crippen LogP contribution in [0.5, 0.6) is 0 Å². The number of aromatic nitrogens is 2. The van der Waals surface area contributed by atoms with Gasteiger partial charge < -0.3 is 9.84 Å². The molecule has 4 nitrogen and oxygen atoms in total. The van der Waals surface area contributed by atoms with Crippen LogP contribution in [0, 0.1) is 5.92 Å². The van der Waals surface area contributed by atoms with Gasteiger partial charge in [-0.3, -0.25) is 0 Å². The van der Waals surface area contributed by atoms with E-state index in [4.69, 9.17) is 4.52 Å². The Labute approximate surface area is 113 Å². The van der Waals surface area contributed by atoms with Gasteiger partial charge in [0.2, 0.25) is 5.89 Å². The number of thioether (sulfide) groups is 1. The molecule has 1 aromatic rings. The third kappa shape index (κ3) is 3.72. The Bertz CT molecular complexity index is 356. The lowest BCUT2D eigenvalue weighted by atomic mass is 9.90. The highest BCUT2D eigenvalue weighted by Crippen LogP contribution is 2.28. The van der Waals surface area contributed by atoms with E-state index < -0.39 is 0 Å². The molecule has 1 aliphatic heterocycles. The molecule has 0 saturated carbocycles. The zero-order valence-electron chi connectivity index (χ0n) is 11.3. The molecule has 0 spiro atoms. The van der Waals surface area contributed by atoms with Gasteiger partial charge in [0.05, 0.1) is 11.8 Å². The van der Waals surface area contributed by atoms with Crippen LogP contribution in [0.1, 0.15) is 57.3 Å². The molecule has 1 fully saturated rings. The van der Waals surface area contributed by atoms with Crippen LogP contribution in [-0.2, 0) is 5.75 Å². The van der Waals surface area contributed by atoms with E-state index >= 15 is 0 Å². The highest BCUT2D eigenvalue weighted by molar-refractivity contribution is 7.98. The van der Waals surface area contributed by atoms with Crippen molar-refractivity contribution >= 4 is 11.8 Å². The molecule has 0 bridgehead atoms. The zero-order valence-corrected chi connectivity index (χ0v) is 12.1. The van der Waals surface area contributed by atoms with E-state index in [9.17, 15) is 0 Å². The average Bonchev–Trinajstić information content (AvgIpc) is 2.88. The van der Waals surface area contributed by atoms with Crippen molar-refractivity contribution in [3.05, 3.63) is 11.7 Å². The Morgan fingerprint density at radius 1 is 1.44 bits per heavy atom. The maximum atomic E-state index is 5.39. The van der Waals surface area contributed by atoms with E-state index in [-0.39, 0.29) is 6.04 Å². The average molecular weight is 269 g/mol. The molecule has 5 heteroatoms. The van der Waals surface area contributed by atoms with Gasteiger partial charge in [0.25, 0.3) is 0 Å². The summed E-state index contributed by atoms with van der Waals surface area (Å²) in [7, 11) is 0. The minimum Gasteiger partial charge on any atom is -0.338 e. The second-order valence-electron chi connectivity index (χ2n) is 4.91. The van der Waals surface area contributed by atoms with E-state index in [2.05, 4.69) is 29.3 Å². The number of rotatable bonds is 6. The number of hydrogen-bond donors (Lipinski definition) is 1. The molecular formula is C13H23N3OS. The van der Waals surface area contributed by atoms with Crippen molar-refractivity contribution in [3.8, 4) is 0 Å². The van der Waals surface area contributed by atoms with Gasteiger partial charge in [0, 0.05) is 0 Å². The van der Waals surface area contributed by atoms with Crippen molar-refractivity contribution in [2.75, 3.05) is 12.3 Å². The number of nitrogens with one attached hydrogen (secondary N) is 1. The summed E-state index contributed by atoms with van der Waals surface area (Å²) in [5.41, 5.74) is 0. The van der Waals surface area contributed by atoms with E-state index in [1.54, 1.807) is 0 Å². The lowest BCUT2D eigenvalue weighted by Crippen LogP contribution is -2.31. The minimum absolute atomic E-state index is 0.265. The fourth-order valence-electron chi connectivity index (χ4n) is 2.33. The molecule has 1 saturated heterocycles. The van der Waals surface area contributed by atoms with Gasteiger partial charge in [-0.15, -0.1) is 0 Å².